The second kappa shape index (κ2) is 7.76. The molecule has 0 aliphatic carbocycles. The number of hydrogen-bond donors (Lipinski definition) is 3. The summed E-state index contributed by atoms with van der Waals surface area (Å²) in [5.74, 6) is 0.160. The van der Waals surface area contributed by atoms with Gasteiger partial charge in [0.05, 0.1) is 12.6 Å². The summed E-state index contributed by atoms with van der Waals surface area (Å²) in [6.07, 6.45) is 0. The van der Waals surface area contributed by atoms with Gasteiger partial charge in [0.15, 0.2) is 0 Å². The van der Waals surface area contributed by atoms with Crippen LogP contribution in [0, 0.1) is 0 Å². The highest BCUT2D eigenvalue weighted by Gasteiger charge is 2.15. The molecule has 0 spiro atoms. The van der Waals surface area contributed by atoms with Gasteiger partial charge in [0.1, 0.15) is 5.75 Å². The second-order valence-corrected chi connectivity index (χ2v) is 4.49. The van der Waals surface area contributed by atoms with E-state index in [1.54, 1.807) is 32.2 Å². The van der Waals surface area contributed by atoms with Crippen LogP contribution in [0.4, 0.5) is 0 Å². The Hall–Kier alpha value is -1.59. The van der Waals surface area contributed by atoms with Gasteiger partial charge in [0.25, 0.3) is 0 Å². The van der Waals surface area contributed by atoms with Crippen LogP contribution in [-0.2, 0) is 9.53 Å². The SMILES string of the molecule is COCCNC(=O)C(C)NC(C)c1cccc(O)c1. The first-order valence-corrected chi connectivity index (χ1v) is 6.36. The first-order valence-electron chi connectivity index (χ1n) is 6.36. The predicted molar refractivity (Wildman–Crippen MR) is 74.0 cm³/mol. The number of aromatic hydroxyl groups is 1. The minimum atomic E-state index is -0.311. The molecule has 0 saturated carbocycles. The van der Waals surface area contributed by atoms with E-state index in [-0.39, 0.29) is 23.7 Å². The Morgan fingerprint density at radius 3 is 2.79 bits per heavy atom. The van der Waals surface area contributed by atoms with Crippen molar-refractivity contribution in [1.82, 2.24) is 10.6 Å². The molecule has 1 rings (SSSR count). The number of rotatable bonds is 7. The molecule has 1 aromatic rings. The van der Waals surface area contributed by atoms with E-state index in [0.717, 1.165) is 5.56 Å². The van der Waals surface area contributed by atoms with Crippen LogP contribution < -0.4 is 10.6 Å². The van der Waals surface area contributed by atoms with E-state index < -0.39 is 0 Å². The van der Waals surface area contributed by atoms with Gasteiger partial charge in [-0.25, -0.2) is 0 Å². The summed E-state index contributed by atoms with van der Waals surface area (Å²) in [5, 5.41) is 15.4. The van der Waals surface area contributed by atoms with Crippen LogP contribution in [0.25, 0.3) is 0 Å². The molecule has 5 heteroatoms. The van der Waals surface area contributed by atoms with Gasteiger partial charge in [-0.1, -0.05) is 12.1 Å². The van der Waals surface area contributed by atoms with E-state index in [1.807, 2.05) is 13.0 Å². The van der Waals surface area contributed by atoms with Gasteiger partial charge in [0.2, 0.25) is 5.91 Å². The Morgan fingerprint density at radius 2 is 2.16 bits per heavy atom. The molecule has 5 nitrogen and oxygen atoms in total. The summed E-state index contributed by atoms with van der Waals surface area (Å²) in [6, 6.07) is 6.67. The lowest BCUT2D eigenvalue weighted by atomic mass is 10.1. The van der Waals surface area contributed by atoms with Gasteiger partial charge in [0, 0.05) is 19.7 Å². The van der Waals surface area contributed by atoms with Crippen LogP contribution in [0.3, 0.4) is 0 Å². The number of benzene rings is 1. The third-order valence-corrected chi connectivity index (χ3v) is 2.87. The van der Waals surface area contributed by atoms with E-state index in [9.17, 15) is 9.90 Å². The average molecular weight is 266 g/mol. The molecular weight excluding hydrogens is 244 g/mol. The van der Waals surface area contributed by atoms with E-state index in [4.69, 9.17) is 4.74 Å². The van der Waals surface area contributed by atoms with E-state index in [1.165, 1.54) is 0 Å². The van der Waals surface area contributed by atoms with Gasteiger partial charge in [-0.2, -0.15) is 0 Å². The number of phenolic OH excluding ortho intramolecular Hbond substituents is 1. The van der Waals surface area contributed by atoms with Gasteiger partial charge < -0.3 is 15.2 Å². The first-order chi connectivity index (χ1) is 9.04. The topological polar surface area (TPSA) is 70.6 Å². The number of ether oxygens (including phenoxy) is 1. The molecule has 2 atom stereocenters. The number of methoxy groups -OCH3 is 1. The summed E-state index contributed by atoms with van der Waals surface area (Å²) in [4.78, 5) is 11.8. The van der Waals surface area contributed by atoms with E-state index in [0.29, 0.717) is 13.2 Å². The monoisotopic (exact) mass is 266 g/mol. The Balaban J connectivity index is 2.47. The largest absolute Gasteiger partial charge is 0.508 e. The van der Waals surface area contributed by atoms with Crippen molar-refractivity contribution in [1.29, 1.82) is 0 Å². The lowest BCUT2D eigenvalue weighted by molar-refractivity contribution is -0.123. The number of carbonyl (C=O) groups excluding carboxylic acids is 1. The number of phenols is 1. The minimum Gasteiger partial charge on any atom is -0.508 e. The molecule has 19 heavy (non-hydrogen) atoms. The highest BCUT2D eigenvalue weighted by molar-refractivity contribution is 5.81. The first kappa shape index (κ1) is 15.5. The molecular formula is C14H22N2O3. The smallest absolute Gasteiger partial charge is 0.236 e. The van der Waals surface area contributed by atoms with Crippen molar-refractivity contribution in [3.63, 3.8) is 0 Å². The normalized spacial score (nSPS) is 13.8. The molecule has 0 radical (unpaired) electrons. The van der Waals surface area contributed by atoms with Crippen molar-refractivity contribution >= 4 is 5.91 Å². The fourth-order valence-electron chi connectivity index (χ4n) is 1.77. The molecule has 1 amide bonds. The average Bonchev–Trinajstić information content (AvgIpc) is 2.38. The molecule has 2 unspecified atom stereocenters. The van der Waals surface area contributed by atoms with Gasteiger partial charge in [-0.3, -0.25) is 10.1 Å². The summed E-state index contributed by atoms with van der Waals surface area (Å²) >= 11 is 0. The molecule has 1 aromatic carbocycles. The Labute approximate surface area is 114 Å². The highest BCUT2D eigenvalue weighted by Crippen LogP contribution is 2.18. The van der Waals surface area contributed by atoms with Gasteiger partial charge >= 0.3 is 0 Å². The Morgan fingerprint density at radius 1 is 1.42 bits per heavy atom. The zero-order valence-corrected chi connectivity index (χ0v) is 11.6. The fraction of sp³-hybridized carbons (Fsp3) is 0.500. The minimum absolute atomic E-state index is 0.0183. The molecule has 0 aliphatic rings. The maximum Gasteiger partial charge on any atom is 0.236 e. The molecule has 106 valence electrons. The standard InChI is InChI=1S/C14H22N2O3/c1-10(12-5-4-6-13(17)9-12)16-11(2)14(18)15-7-8-19-3/h4-6,9-11,16-17H,7-8H2,1-3H3,(H,15,18). The third-order valence-electron chi connectivity index (χ3n) is 2.87. The third kappa shape index (κ3) is 5.28. The quantitative estimate of drug-likeness (QED) is 0.648. The number of amides is 1. The van der Waals surface area contributed by atoms with Crippen molar-refractivity contribution in [2.75, 3.05) is 20.3 Å². The van der Waals surface area contributed by atoms with Crippen molar-refractivity contribution in [3.05, 3.63) is 29.8 Å². The zero-order valence-electron chi connectivity index (χ0n) is 11.6. The molecule has 0 fully saturated rings. The zero-order chi connectivity index (χ0) is 14.3. The lowest BCUT2D eigenvalue weighted by Gasteiger charge is -2.20. The van der Waals surface area contributed by atoms with Crippen molar-refractivity contribution in [2.24, 2.45) is 0 Å². The summed E-state index contributed by atoms with van der Waals surface area (Å²) in [6.45, 7) is 4.76. The van der Waals surface area contributed by atoms with Crippen LogP contribution in [-0.4, -0.2) is 37.3 Å². The maximum atomic E-state index is 11.8. The Kier molecular flexibility index (Phi) is 6.32. The van der Waals surface area contributed by atoms with Crippen LogP contribution in [0.5, 0.6) is 5.75 Å². The fourth-order valence-corrected chi connectivity index (χ4v) is 1.77. The van der Waals surface area contributed by atoms with E-state index in [2.05, 4.69) is 10.6 Å². The highest BCUT2D eigenvalue weighted by atomic mass is 16.5. The van der Waals surface area contributed by atoms with Crippen molar-refractivity contribution in [3.8, 4) is 5.75 Å². The molecule has 0 saturated heterocycles. The summed E-state index contributed by atoms with van der Waals surface area (Å²) < 4.78 is 4.87. The predicted octanol–water partition coefficient (Wildman–Crippen LogP) is 1.19. The van der Waals surface area contributed by atoms with Crippen molar-refractivity contribution < 1.29 is 14.6 Å². The number of carbonyl (C=O) groups is 1. The maximum absolute atomic E-state index is 11.8. The molecule has 0 bridgehead atoms. The number of hydrogen-bond acceptors (Lipinski definition) is 4. The summed E-state index contributed by atoms with van der Waals surface area (Å²) in [5.41, 5.74) is 0.941. The lowest BCUT2D eigenvalue weighted by Crippen LogP contribution is -2.44. The Bertz CT molecular complexity index is 409. The summed E-state index contributed by atoms with van der Waals surface area (Å²) in [7, 11) is 1.60. The second-order valence-electron chi connectivity index (χ2n) is 4.49. The van der Waals surface area contributed by atoms with Crippen LogP contribution in [0.2, 0.25) is 0 Å². The van der Waals surface area contributed by atoms with Gasteiger partial charge in [-0.05, 0) is 31.5 Å². The van der Waals surface area contributed by atoms with E-state index >= 15 is 0 Å². The molecule has 3 N–H and O–H groups in total. The number of nitrogens with one attached hydrogen (secondary N) is 2. The van der Waals surface area contributed by atoms with Gasteiger partial charge in [-0.15, -0.1) is 0 Å². The molecule has 0 heterocycles. The molecule has 0 aliphatic heterocycles. The molecule has 0 aromatic heterocycles. The van der Waals surface area contributed by atoms with Crippen LogP contribution >= 0.6 is 0 Å². The van der Waals surface area contributed by atoms with Crippen molar-refractivity contribution in [2.45, 2.75) is 25.9 Å². The van der Waals surface area contributed by atoms with Crippen LogP contribution in [0.15, 0.2) is 24.3 Å². The van der Waals surface area contributed by atoms with Crippen LogP contribution in [0.1, 0.15) is 25.5 Å².